The lowest BCUT2D eigenvalue weighted by molar-refractivity contribution is -0.384. The maximum Gasteiger partial charge on any atom is 0.292 e. The standard InChI is InChI=1S/C23H22ClN5O4S/c1-16(34-19-9-7-18(8-10-19)29(32)33)22(30)27-13-11-26(12-14-27)20-15-25-28(23(31)21(20)24)17-5-3-2-4-6-17/h2-10,15-16H,11-14H2,1H3. The fourth-order valence-electron chi connectivity index (χ4n) is 3.72. The molecule has 1 amide bonds. The summed E-state index contributed by atoms with van der Waals surface area (Å²) >= 11 is 7.78. The van der Waals surface area contributed by atoms with Crippen molar-refractivity contribution in [1.82, 2.24) is 14.7 Å². The Bertz CT molecular complexity index is 1240. The van der Waals surface area contributed by atoms with Gasteiger partial charge in [-0.3, -0.25) is 19.7 Å². The van der Waals surface area contributed by atoms with Crippen LogP contribution in [-0.2, 0) is 4.79 Å². The van der Waals surface area contributed by atoms with Gasteiger partial charge in [0, 0.05) is 43.2 Å². The molecular formula is C23H22ClN5O4S. The number of nitrogens with zero attached hydrogens (tertiary/aromatic N) is 5. The number of amides is 1. The number of rotatable bonds is 6. The van der Waals surface area contributed by atoms with E-state index >= 15 is 0 Å². The van der Waals surface area contributed by atoms with Gasteiger partial charge in [-0.25, -0.2) is 0 Å². The van der Waals surface area contributed by atoms with E-state index in [0.29, 0.717) is 37.6 Å². The normalized spacial score (nSPS) is 14.6. The lowest BCUT2D eigenvalue weighted by atomic mass is 10.2. The molecule has 1 aliphatic heterocycles. The van der Waals surface area contributed by atoms with Crippen molar-refractivity contribution in [1.29, 1.82) is 0 Å². The number of hydrogen-bond acceptors (Lipinski definition) is 7. The maximum atomic E-state index is 12.9. The third-order valence-corrected chi connectivity index (χ3v) is 7.00. The minimum Gasteiger partial charge on any atom is -0.365 e. The van der Waals surface area contributed by atoms with Gasteiger partial charge in [-0.2, -0.15) is 9.78 Å². The fourth-order valence-corrected chi connectivity index (χ4v) is 4.92. The molecule has 1 fully saturated rings. The number of halogens is 1. The van der Waals surface area contributed by atoms with E-state index in [9.17, 15) is 19.7 Å². The van der Waals surface area contributed by atoms with Crippen LogP contribution in [0.15, 0.2) is 70.5 Å². The van der Waals surface area contributed by atoms with Crippen LogP contribution in [0.4, 0.5) is 11.4 Å². The number of non-ortho nitro benzene ring substituents is 1. The number of nitro groups is 1. The first-order valence-electron chi connectivity index (χ1n) is 10.6. The van der Waals surface area contributed by atoms with Crippen molar-refractivity contribution in [3.05, 3.63) is 86.3 Å². The summed E-state index contributed by atoms with van der Waals surface area (Å²) in [6.07, 6.45) is 1.58. The molecule has 11 heteroatoms. The Labute approximate surface area is 205 Å². The van der Waals surface area contributed by atoms with E-state index in [1.54, 1.807) is 35.4 Å². The van der Waals surface area contributed by atoms with Crippen molar-refractivity contribution in [2.24, 2.45) is 0 Å². The number of para-hydroxylation sites is 1. The van der Waals surface area contributed by atoms with Gasteiger partial charge in [0.05, 0.1) is 27.7 Å². The first-order chi connectivity index (χ1) is 16.3. The van der Waals surface area contributed by atoms with Crippen molar-refractivity contribution in [3.8, 4) is 5.69 Å². The summed E-state index contributed by atoms with van der Waals surface area (Å²) in [4.78, 5) is 40.6. The van der Waals surface area contributed by atoms with Crippen molar-refractivity contribution >= 4 is 40.6 Å². The summed E-state index contributed by atoms with van der Waals surface area (Å²) in [6, 6.07) is 15.2. The Morgan fingerprint density at radius 3 is 2.35 bits per heavy atom. The molecule has 176 valence electrons. The molecule has 1 saturated heterocycles. The maximum absolute atomic E-state index is 12.9. The highest BCUT2D eigenvalue weighted by molar-refractivity contribution is 8.00. The number of hydrogen-bond donors (Lipinski definition) is 0. The third kappa shape index (κ3) is 5.07. The van der Waals surface area contributed by atoms with Gasteiger partial charge in [-0.15, -0.1) is 11.8 Å². The van der Waals surface area contributed by atoms with Crippen molar-refractivity contribution < 1.29 is 9.72 Å². The largest absolute Gasteiger partial charge is 0.365 e. The summed E-state index contributed by atoms with van der Waals surface area (Å²) in [5.74, 6) is -0.00767. The Balaban J connectivity index is 1.38. The number of anilines is 1. The van der Waals surface area contributed by atoms with Crippen LogP contribution in [0, 0.1) is 10.1 Å². The molecule has 1 aliphatic rings. The molecular weight excluding hydrogens is 478 g/mol. The molecule has 2 heterocycles. The zero-order valence-corrected chi connectivity index (χ0v) is 19.9. The Hall–Kier alpha value is -3.37. The van der Waals surface area contributed by atoms with E-state index in [1.807, 2.05) is 30.0 Å². The van der Waals surface area contributed by atoms with Crippen molar-refractivity contribution in [2.45, 2.75) is 17.1 Å². The predicted molar refractivity (Wildman–Crippen MR) is 132 cm³/mol. The molecule has 0 spiro atoms. The van der Waals surface area contributed by atoms with Gasteiger partial charge < -0.3 is 9.80 Å². The van der Waals surface area contributed by atoms with Crippen LogP contribution in [0.3, 0.4) is 0 Å². The van der Waals surface area contributed by atoms with Gasteiger partial charge >= 0.3 is 0 Å². The molecule has 0 bridgehead atoms. The van der Waals surface area contributed by atoms with E-state index in [1.165, 1.54) is 28.6 Å². The molecule has 0 radical (unpaired) electrons. The highest BCUT2D eigenvalue weighted by Gasteiger charge is 2.27. The molecule has 0 aliphatic carbocycles. The molecule has 9 nitrogen and oxygen atoms in total. The molecule has 0 saturated carbocycles. The molecule has 1 aromatic heterocycles. The average Bonchev–Trinajstić information content (AvgIpc) is 2.86. The van der Waals surface area contributed by atoms with Crippen LogP contribution in [0.25, 0.3) is 5.69 Å². The summed E-state index contributed by atoms with van der Waals surface area (Å²) in [7, 11) is 0. The zero-order valence-electron chi connectivity index (χ0n) is 18.3. The monoisotopic (exact) mass is 499 g/mol. The van der Waals surface area contributed by atoms with Gasteiger partial charge in [0.1, 0.15) is 5.02 Å². The first-order valence-corrected chi connectivity index (χ1v) is 11.9. The van der Waals surface area contributed by atoms with Gasteiger partial charge in [0.15, 0.2) is 0 Å². The third-order valence-electron chi connectivity index (χ3n) is 5.54. The number of thioether (sulfide) groups is 1. The number of benzene rings is 2. The van der Waals surface area contributed by atoms with E-state index in [0.717, 1.165) is 4.90 Å². The summed E-state index contributed by atoms with van der Waals surface area (Å²) < 4.78 is 1.27. The van der Waals surface area contributed by atoms with Gasteiger partial charge in [-0.05, 0) is 31.2 Å². The topological polar surface area (TPSA) is 102 Å². The molecule has 1 atom stereocenters. The minimum atomic E-state index is -0.450. The molecule has 34 heavy (non-hydrogen) atoms. The summed E-state index contributed by atoms with van der Waals surface area (Å²) in [5.41, 5.74) is 0.816. The number of piperazine rings is 1. The van der Waals surface area contributed by atoms with Crippen LogP contribution in [0.2, 0.25) is 5.02 Å². The van der Waals surface area contributed by atoms with E-state index in [4.69, 9.17) is 11.6 Å². The van der Waals surface area contributed by atoms with Crippen LogP contribution in [0.1, 0.15) is 6.92 Å². The van der Waals surface area contributed by atoms with E-state index in [2.05, 4.69) is 5.10 Å². The minimum absolute atomic E-state index is 0.00767. The SMILES string of the molecule is CC(Sc1ccc([N+](=O)[O-])cc1)C(=O)N1CCN(c2cnn(-c3ccccc3)c(=O)c2Cl)CC1. The molecule has 2 aromatic carbocycles. The molecule has 1 unspecified atom stereocenters. The molecule has 4 rings (SSSR count). The van der Waals surface area contributed by atoms with Gasteiger partial charge in [0.2, 0.25) is 5.91 Å². The molecule has 0 N–H and O–H groups in total. The first kappa shape index (κ1) is 23.8. The van der Waals surface area contributed by atoms with Crippen LogP contribution in [0.5, 0.6) is 0 Å². The highest BCUT2D eigenvalue weighted by atomic mass is 35.5. The fraction of sp³-hybridized carbons (Fsp3) is 0.261. The lowest BCUT2D eigenvalue weighted by Gasteiger charge is -2.37. The highest BCUT2D eigenvalue weighted by Crippen LogP contribution is 2.28. The van der Waals surface area contributed by atoms with E-state index in [-0.39, 0.29) is 21.9 Å². The second kappa shape index (κ2) is 10.3. The molecule has 3 aromatic rings. The smallest absolute Gasteiger partial charge is 0.292 e. The lowest BCUT2D eigenvalue weighted by Crippen LogP contribution is -2.51. The number of carbonyl (C=O) groups is 1. The second-order valence-electron chi connectivity index (χ2n) is 7.72. The quantitative estimate of drug-likeness (QED) is 0.290. The zero-order chi connectivity index (χ0) is 24.2. The van der Waals surface area contributed by atoms with Crippen LogP contribution in [-0.4, -0.2) is 56.9 Å². The van der Waals surface area contributed by atoms with Gasteiger partial charge in [0.25, 0.3) is 11.2 Å². The number of nitro benzene ring substituents is 1. The summed E-state index contributed by atoms with van der Waals surface area (Å²) in [6.45, 7) is 3.85. The average molecular weight is 500 g/mol. The second-order valence-corrected chi connectivity index (χ2v) is 9.51. The Kier molecular flexibility index (Phi) is 7.18. The number of carbonyl (C=O) groups excluding carboxylic acids is 1. The van der Waals surface area contributed by atoms with Crippen LogP contribution >= 0.6 is 23.4 Å². The van der Waals surface area contributed by atoms with Crippen LogP contribution < -0.4 is 10.5 Å². The predicted octanol–water partition coefficient (Wildman–Crippen LogP) is 3.62. The van der Waals surface area contributed by atoms with Gasteiger partial charge in [-0.1, -0.05) is 29.8 Å². The summed E-state index contributed by atoms with van der Waals surface area (Å²) in [5, 5.41) is 14.8. The van der Waals surface area contributed by atoms with Crippen molar-refractivity contribution in [3.63, 3.8) is 0 Å². The Morgan fingerprint density at radius 2 is 1.74 bits per heavy atom. The Morgan fingerprint density at radius 1 is 1.09 bits per heavy atom. The van der Waals surface area contributed by atoms with Crippen molar-refractivity contribution in [2.75, 3.05) is 31.1 Å². The number of aromatic nitrogens is 2. The van der Waals surface area contributed by atoms with E-state index < -0.39 is 10.5 Å².